The van der Waals surface area contributed by atoms with Crippen LogP contribution in [0.1, 0.15) is 40.0 Å². The minimum absolute atomic E-state index is 0.220. The third-order valence-corrected chi connectivity index (χ3v) is 6.17. The number of halogens is 2. The summed E-state index contributed by atoms with van der Waals surface area (Å²) in [7, 11) is 0. The van der Waals surface area contributed by atoms with E-state index >= 15 is 0 Å². The van der Waals surface area contributed by atoms with Gasteiger partial charge in [0.1, 0.15) is 30.5 Å². The average Bonchev–Trinajstić information content (AvgIpc) is 2.87. The number of carbonyl (C=O) groups excluding carboxylic acids is 3. The molecule has 222 valence electrons. The SMILES string of the molecule is CCNC(=O)[C@H](C)NC(=O)[C@H](C)NC[C@@H](N)CCCCNC(=O)C(F)(F)[C@]1(O)O[C@H](CO)[C@H](O)[C@H](O)[C@H]1O. The van der Waals surface area contributed by atoms with Crippen LogP contribution in [0.3, 0.4) is 0 Å². The quantitative estimate of drug-likeness (QED) is 0.0871. The summed E-state index contributed by atoms with van der Waals surface area (Å²) >= 11 is 0. The van der Waals surface area contributed by atoms with E-state index in [-0.39, 0.29) is 31.3 Å². The van der Waals surface area contributed by atoms with Crippen molar-refractivity contribution in [2.75, 3.05) is 26.2 Å². The van der Waals surface area contributed by atoms with E-state index in [1.165, 1.54) is 0 Å². The van der Waals surface area contributed by atoms with Gasteiger partial charge in [-0.2, -0.15) is 8.78 Å². The first-order valence-electron chi connectivity index (χ1n) is 12.4. The molecule has 1 rings (SSSR count). The minimum Gasteiger partial charge on any atom is -0.394 e. The van der Waals surface area contributed by atoms with Gasteiger partial charge in [0.15, 0.2) is 0 Å². The summed E-state index contributed by atoms with van der Waals surface area (Å²) in [4.78, 5) is 35.9. The first kappa shape index (κ1) is 34.0. The highest BCUT2D eigenvalue weighted by atomic mass is 19.3. The maximum Gasteiger partial charge on any atom is 0.379 e. The van der Waals surface area contributed by atoms with Gasteiger partial charge in [0.2, 0.25) is 11.8 Å². The number of hydrogen-bond donors (Lipinski definition) is 10. The second-order valence-corrected chi connectivity index (χ2v) is 9.30. The lowest BCUT2D eigenvalue weighted by Crippen LogP contribution is -2.73. The fourth-order valence-electron chi connectivity index (χ4n) is 3.67. The zero-order valence-electron chi connectivity index (χ0n) is 21.7. The molecule has 0 aliphatic carbocycles. The van der Waals surface area contributed by atoms with Crippen LogP contribution in [0.15, 0.2) is 0 Å². The van der Waals surface area contributed by atoms with Crippen LogP contribution in [-0.2, 0) is 19.1 Å². The molecule has 0 spiro atoms. The molecular formula is C22H41F2N5O9. The van der Waals surface area contributed by atoms with Crippen LogP contribution in [0.25, 0.3) is 0 Å². The first-order chi connectivity index (χ1) is 17.6. The molecule has 0 bridgehead atoms. The molecule has 1 fully saturated rings. The number of carbonyl (C=O) groups is 3. The van der Waals surface area contributed by atoms with Crippen molar-refractivity contribution < 1.29 is 53.4 Å². The molecule has 0 aromatic heterocycles. The molecular weight excluding hydrogens is 516 g/mol. The van der Waals surface area contributed by atoms with E-state index in [4.69, 9.17) is 10.8 Å². The highest BCUT2D eigenvalue weighted by Crippen LogP contribution is 2.39. The largest absolute Gasteiger partial charge is 0.394 e. The van der Waals surface area contributed by atoms with Crippen molar-refractivity contribution in [1.29, 1.82) is 0 Å². The van der Waals surface area contributed by atoms with E-state index in [1.807, 2.05) is 5.32 Å². The van der Waals surface area contributed by atoms with Crippen LogP contribution in [0.5, 0.6) is 0 Å². The van der Waals surface area contributed by atoms with Crippen molar-refractivity contribution in [3.05, 3.63) is 0 Å². The molecule has 0 aromatic rings. The number of likely N-dealkylation sites (N-methyl/N-ethyl adjacent to an activating group) is 1. The molecule has 0 radical (unpaired) electrons. The summed E-state index contributed by atoms with van der Waals surface area (Å²) in [5.74, 6) is -11.3. The Labute approximate surface area is 219 Å². The zero-order valence-corrected chi connectivity index (χ0v) is 21.7. The van der Waals surface area contributed by atoms with Crippen molar-refractivity contribution in [1.82, 2.24) is 21.3 Å². The number of hydrogen-bond acceptors (Lipinski definition) is 11. The Hall–Kier alpha value is -2.05. The van der Waals surface area contributed by atoms with Gasteiger partial charge in [0.25, 0.3) is 11.7 Å². The normalized spacial score (nSPS) is 28.2. The van der Waals surface area contributed by atoms with Crippen molar-refractivity contribution >= 4 is 17.7 Å². The van der Waals surface area contributed by atoms with Crippen LogP contribution < -0.4 is 27.0 Å². The third-order valence-electron chi connectivity index (χ3n) is 6.17. The molecule has 3 amide bonds. The monoisotopic (exact) mass is 557 g/mol. The predicted octanol–water partition coefficient (Wildman–Crippen LogP) is -3.98. The molecule has 14 nitrogen and oxygen atoms in total. The number of unbranched alkanes of at least 4 members (excludes halogenated alkanes) is 1. The Kier molecular flexibility index (Phi) is 13.3. The van der Waals surface area contributed by atoms with Crippen LogP contribution in [0, 0.1) is 0 Å². The van der Waals surface area contributed by atoms with Gasteiger partial charge in [-0.3, -0.25) is 14.4 Å². The Morgan fingerprint density at radius 3 is 2.26 bits per heavy atom. The highest BCUT2D eigenvalue weighted by molar-refractivity contribution is 5.89. The summed E-state index contributed by atoms with van der Waals surface area (Å²) in [6.45, 7) is 4.29. The van der Waals surface area contributed by atoms with Gasteiger partial charge in [-0.05, 0) is 33.6 Å². The molecule has 38 heavy (non-hydrogen) atoms. The molecule has 0 aromatic carbocycles. The van der Waals surface area contributed by atoms with Crippen LogP contribution in [-0.4, -0.2) is 124 Å². The van der Waals surface area contributed by atoms with Crippen molar-refractivity contribution in [3.8, 4) is 0 Å². The molecule has 1 heterocycles. The van der Waals surface area contributed by atoms with Crippen LogP contribution >= 0.6 is 0 Å². The van der Waals surface area contributed by atoms with Crippen molar-refractivity contribution in [3.63, 3.8) is 0 Å². The summed E-state index contributed by atoms with van der Waals surface area (Å²) in [6.07, 6.45) is -7.85. The zero-order chi connectivity index (χ0) is 29.3. The van der Waals surface area contributed by atoms with Gasteiger partial charge in [0.05, 0.1) is 12.6 Å². The van der Waals surface area contributed by atoms with Crippen LogP contribution in [0.4, 0.5) is 8.78 Å². The van der Waals surface area contributed by atoms with E-state index in [0.29, 0.717) is 19.4 Å². The lowest BCUT2D eigenvalue weighted by atomic mass is 9.88. The highest BCUT2D eigenvalue weighted by Gasteiger charge is 2.69. The summed E-state index contributed by atoms with van der Waals surface area (Å²) in [5.41, 5.74) is 6.00. The number of rotatable bonds is 15. The van der Waals surface area contributed by atoms with E-state index in [2.05, 4.69) is 20.7 Å². The van der Waals surface area contributed by atoms with E-state index in [1.54, 1.807) is 20.8 Å². The lowest BCUT2D eigenvalue weighted by Gasteiger charge is -2.47. The van der Waals surface area contributed by atoms with Gasteiger partial charge in [0, 0.05) is 25.7 Å². The Balaban J connectivity index is 2.43. The Bertz CT molecular complexity index is 794. The molecule has 16 heteroatoms. The lowest BCUT2D eigenvalue weighted by molar-refractivity contribution is -0.401. The predicted molar refractivity (Wildman–Crippen MR) is 128 cm³/mol. The molecule has 0 saturated carbocycles. The summed E-state index contributed by atoms with van der Waals surface area (Å²) in [5, 5.41) is 58.6. The Morgan fingerprint density at radius 1 is 1.05 bits per heavy atom. The number of alkyl halides is 2. The van der Waals surface area contributed by atoms with Gasteiger partial charge in [-0.25, -0.2) is 0 Å². The van der Waals surface area contributed by atoms with E-state index in [0.717, 1.165) is 0 Å². The number of nitrogens with two attached hydrogens (primary N) is 1. The first-order valence-corrected chi connectivity index (χ1v) is 12.4. The van der Waals surface area contributed by atoms with Gasteiger partial charge < -0.3 is 57.3 Å². The second kappa shape index (κ2) is 14.9. The number of ether oxygens (including phenoxy) is 1. The number of aliphatic hydroxyl groups excluding tert-OH is 4. The standard InChI is InChI=1S/C22H41F2N5O9/c1-4-26-18(34)12(3)29-19(35)11(2)28-9-13(25)7-5-6-8-27-20(36)21(23,24)22(37)17(33)16(32)15(31)14(10-30)38-22/h11-17,28,30-33,37H,4-10,25H2,1-3H3,(H,26,34)(H,27,36)(H,29,35)/t11-,12-,13-,14+,15-,16-,17+,22+/m0/s1. The van der Waals surface area contributed by atoms with Crippen molar-refractivity contribution in [2.24, 2.45) is 5.73 Å². The number of nitrogens with one attached hydrogen (secondary N) is 4. The fraction of sp³-hybridized carbons (Fsp3) is 0.864. The smallest absolute Gasteiger partial charge is 0.379 e. The van der Waals surface area contributed by atoms with Gasteiger partial charge in [-0.1, -0.05) is 6.42 Å². The number of aliphatic hydroxyl groups is 5. The van der Waals surface area contributed by atoms with Gasteiger partial charge >= 0.3 is 5.92 Å². The average molecular weight is 558 g/mol. The molecule has 0 unspecified atom stereocenters. The van der Waals surface area contributed by atoms with Crippen molar-refractivity contribution in [2.45, 2.75) is 94.3 Å². The Morgan fingerprint density at radius 2 is 1.68 bits per heavy atom. The number of amides is 3. The molecule has 1 aliphatic rings. The minimum atomic E-state index is -4.74. The summed E-state index contributed by atoms with van der Waals surface area (Å²) in [6, 6.07) is -1.74. The van der Waals surface area contributed by atoms with Gasteiger partial charge in [-0.15, -0.1) is 0 Å². The molecule has 11 N–H and O–H groups in total. The van der Waals surface area contributed by atoms with E-state index < -0.39 is 66.8 Å². The molecule has 8 atom stereocenters. The molecule has 1 saturated heterocycles. The second-order valence-electron chi connectivity index (χ2n) is 9.30. The summed E-state index contributed by atoms with van der Waals surface area (Å²) < 4.78 is 33.9. The maximum atomic E-state index is 14.7. The fourth-order valence-corrected chi connectivity index (χ4v) is 3.67. The topological polar surface area (TPSA) is 236 Å². The molecule has 1 aliphatic heterocycles. The maximum absolute atomic E-state index is 14.7. The van der Waals surface area contributed by atoms with Crippen LogP contribution in [0.2, 0.25) is 0 Å². The van der Waals surface area contributed by atoms with E-state index in [9.17, 15) is 43.6 Å². The third kappa shape index (κ3) is 8.47.